The number of hydrogen-bond donors (Lipinski definition) is 2. The molecule has 1 aliphatic rings. The first-order valence-corrected chi connectivity index (χ1v) is 7.31. The van der Waals surface area contributed by atoms with Crippen LogP contribution in [0.5, 0.6) is 0 Å². The molecule has 0 radical (unpaired) electrons. The second-order valence-electron chi connectivity index (χ2n) is 5.39. The predicted octanol–water partition coefficient (Wildman–Crippen LogP) is 1.91. The van der Waals surface area contributed by atoms with Crippen LogP contribution in [-0.4, -0.2) is 28.8 Å². The Labute approximate surface area is 125 Å². The van der Waals surface area contributed by atoms with Gasteiger partial charge in [-0.15, -0.1) is 0 Å². The third-order valence-electron chi connectivity index (χ3n) is 3.54. The summed E-state index contributed by atoms with van der Waals surface area (Å²) < 4.78 is 1.86. The largest absolute Gasteiger partial charge is 0.354 e. The van der Waals surface area contributed by atoms with Gasteiger partial charge in [0.05, 0.1) is 5.69 Å². The SMILES string of the molecule is CN=C(NCc1cn(C)nc1-c1ccccc1)NC1CC1. The molecule has 1 heterocycles. The zero-order chi connectivity index (χ0) is 14.7. The summed E-state index contributed by atoms with van der Waals surface area (Å²) in [6.07, 6.45) is 4.53. The van der Waals surface area contributed by atoms with Gasteiger partial charge in [-0.2, -0.15) is 5.10 Å². The van der Waals surface area contributed by atoms with E-state index >= 15 is 0 Å². The van der Waals surface area contributed by atoms with Crippen molar-refractivity contribution in [1.82, 2.24) is 20.4 Å². The number of rotatable bonds is 4. The lowest BCUT2D eigenvalue weighted by molar-refractivity contribution is 0.766. The number of aryl methyl sites for hydroxylation is 1. The van der Waals surface area contributed by atoms with E-state index in [1.807, 2.05) is 29.9 Å². The second-order valence-corrected chi connectivity index (χ2v) is 5.39. The number of aliphatic imine (C=N–C) groups is 1. The molecule has 0 aliphatic heterocycles. The van der Waals surface area contributed by atoms with E-state index in [0.29, 0.717) is 12.6 Å². The van der Waals surface area contributed by atoms with Crippen molar-refractivity contribution < 1.29 is 0 Å². The number of guanidine groups is 1. The van der Waals surface area contributed by atoms with Gasteiger partial charge < -0.3 is 10.6 Å². The monoisotopic (exact) mass is 283 g/mol. The van der Waals surface area contributed by atoms with Crippen LogP contribution in [0.1, 0.15) is 18.4 Å². The zero-order valence-electron chi connectivity index (χ0n) is 12.5. The topological polar surface area (TPSA) is 54.2 Å². The minimum atomic E-state index is 0.596. The molecule has 3 rings (SSSR count). The Kier molecular flexibility index (Phi) is 3.90. The van der Waals surface area contributed by atoms with Crippen LogP contribution in [0.15, 0.2) is 41.5 Å². The third-order valence-corrected chi connectivity index (χ3v) is 3.54. The van der Waals surface area contributed by atoms with E-state index in [9.17, 15) is 0 Å². The van der Waals surface area contributed by atoms with E-state index in [1.54, 1.807) is 7.05 Å². The lowest BCUT2D eigenvalue weighted by atomic mass is 10.1. The van der Waals surface area contributed by atoms with Crippen LogP contribution in [0, 0.1) is 0 Å². The van der Waals surface area contributed by atoms with E-state index < -0.39 is 0 Å². The molecule has 5 nitrogen and oxygen atoms in total. The number of nitrogens with one attached hydrogen (secondary N) is 2. The van der Waals surface area contributed by atoms with Gasteiger partial charge in [0.1, 0.15) is 0 Å². The van der Waals surface area contributed by atoms with Crippen LogP contribution >= 0.6 is 0 Å². The summed E-state index contributed by atoms with van der Waals surface area (Å²) in [5, 5.41) is 11.3. The summed E-state index contributed by atoms with van der Waals surface area (Å²) in [6, 6.07) is 10.9. The second kappa shape index (κ2) is 5.99. The highest BCUT2D eigenvalue weighted by molar-refractivity contribution is 5.80. The van der Waals surface area contributed by atoms with Crippen LogP contribution < -0.4 is 10.6 Å². The Balaban J connectivity index is 1.73. The van der Waals surface area contributed by atoms with Crippen molar-refractivity contribution in [2.24, 2.45) is 12.0 Å². The number of aromatic nitrogens is 2. The number of benzene rings is 1. The van der Waals surface area contributed by atoms with Crippen LogP contribution in [0.25, 0.3) is 11.3 Å². The van der Waals surface area contributed by atoms with Crippen molar-refractivity contribution in [3.05, 3.63) is 42.1 Å². The molecule has 1 aromatic carbocycles. The number of hydrogen-bond acceptors (Lipinski definition) is 2. The van der Waals surface area contributed by atoms with Crippen LogP contribution in [-0.2, 0) is 13.6 Å². The van der Waals surface area contributed by atoms with Gasteiger partial charge in [0.15, 0.2) is 5.96 Å². The van der Waals surface area contributed by atoms with Gasteiger partial charge in [0, 0.05) is 44.0 Å². The lowest BCUT2D eigenvalue weighted by Gasteiger charge is -2.11. The quantitative estimate of drug-likeness (QED) is 0.666. The van der Waals surface area contributed by atoms with Gasteiger partial charge in [0.25, 0.3) is 0 Å². The van der Waals surface area contributed by atoms with E-state index in [-0.39, 0.29) is 0 Å². The van der Waals surface area contributed by atoms with Gasteiger partial charge >= 0.3 is 0 Å². The first-order valence-electron chi connectivity index (χ1n) is 7.31. The average molecular weight is 283 g/mol. The highest BCUT2D eigenvalue weighted by Gasteiger charge is 2.22. The molecule has 5 heteroatoms. The van der Waals surface area contributed by atoms with Crippen molar-refractivity contribution in [2.45, 2.75) is 25.4 Å². The smallest absolute Gasteiger partial charge is 0.191 e. The summed E-state index contributed by atoms with van der Waals surface area (Å²) in [5.41, 5.74) is 3.33. The standard InChI is InChI=1S/C16H21N5/c1-17-16(19-14-8-9-14)18-10-13-11-21(2)20-15(13)12-6-4-3-5-7-12/h3-7,11,14H,8-10H2,1-2H3,(H2,17,18,19). The molecule has 1 saturated carbocycles. The fourth-order valence-electron chi connectivity index (χ4n) is 2.30. The van der Waals surface area contributed by atoms with Crippen molar-refractivity contribution in [2.75, 3.05) is 7.05 Å². The summed E-state index contributed by atoms with van der Waals surface area (Å²) >= 11 is 0. The van der Waals surface area contributed by atoms with Gasteiger partial charge in [-0.05, 0) is 12.8 Å². The Morgan fingerprint density at radius 1 is 1.33 bits per heavy atom. The molecular weight excluding hydrogens is 262 g/mol. The fraction of sp³-hybridized carbons (Fsp3) is 0.375. The van der Waals surface area contributed by atoms with Crippen molar-refractivity contribution in [1.29, 1.82) is 0 Å². The molecule has 2 aromatic rings. The molecule has 1 aromatic heterocycles. The van der Waals surface area contributed by atoms with Crippen LogP contribution in [0.3, 0.4) is 0 Å². The third kappa shape index (κ3) is 3.42. The molecule has 0 amide bonds. The first kappa shape index (κ1) is 13.7. The van der Waals surface area contributed by atoms with Gasteiger partial charge in [-0.1, -0.05) is 30.3 Å². The summed E-state index contributed by atoms with van der Waals surface area (Å²) in [7, 11) is 3.76. The van der Waals surface area contributed by atoms with Gasteiger partial charge in [-0.3, -0.25) is 9.67 Å². The van der Waals surface area contributed by atoms with Crippen LogP contribution in [0.4, 0.5) is 0 Å². The maximum Gasteiger partial charge on any atom is 0.191 e. The summed E-state index contributed by atoms with van der Waals surface area (Å²) in [5.74, 6) is 0.861. The average Bonchev–Trinajstić information content (AvgIpc) is 3.25. The summed E-state index contributed by atoms with van der Waals surface area (Å²) in [6.45, 7) is 0.713. The number of nitrogens with zero attached hydrogens (tertiary/aromatic N) is 3. The maximum atomic E-state index is 4.57. The minimum absolute atomic E-state index is 0.596. The van der Waals surface area contributed by atoms with Crippen molar-refractivity contribution >= 4 is 5.96 Å². The predicted molar refractivity (Wildman–Crippen MR) is 85.0 cm³/mol. The highest BCUT2D eigenvalue weighted by Crippen LogP contribution is 2.21. The molecule has 0 spiro atoms. The molecule has 110 valence electrons. The lowest BCUT2D eigenvalue weighted by Crippen LogP contribution is -2.38. The molecule has 21 heavy (non-hydrogen) atoms. The van der Waals surface area contributed by atoms with Crippen LogP contribution in [0.2, 0.25) is 0 Å². The van der Waals surface area contributed by atoms with Gasteiger partial charge in [-0.25, -0.2) is 0 Å². The Hall–Kier alpha value is -2.30. The van der Waals surface area contributed by atoms with E-state index in [1.165, 1.54) is 18.4 Å². The van der Waals surface area contributed by atoms with Crippen molar-refractivity contribution in [3.8, 4) is 11.3 Å². The molecule has 0 unspecified atom stereocenters. The Morgan fingerprint density at radius 2 is 2.10 bits per heavy atom. The molecule has 2 N–H and O–H groups in total. The molecular formula is C16H21N5. The normalized spacial score (nSPS) is 15.0. The Morgan fingerprint density at radius 3 is 2.76 bits per heavy atom. The minimum Gasteiger partial charge on any atom is -0.354 e. The fourth-order valence-corrected chi connectivity index (χ4v) is 2.30. The summed E-state index contributed by atoms with van der Waals surface area (Å²) in [4.78, 5) is 4.26. The Bertz CT molecular complexity index is 625. The van der Waals surface area contributed by atoms with Gasteiger partial charge in [0.2, 0.25) is 0 Å². The highest BCUT2D eigenvalue weighted by atomic mass is 15.3. The first-order chi connectivity index (χ1) is 10.3. The molecule has 1 aliphatic carbocycles. The molecule has 0 atom stereocenters. The van der Waals surface area contributed by atoms with E-state index in [0.717, 1.165) is 17.2 Å². The van der Waals surface area contributed by atoms with Crippen molar-refractivity contribution in [3.63, 3.8) is 0 Å². The molecule has 0 saturated heterocycles. The van der Waals surface area contributed by atoms with E-state index in [2.05, 4.69) is 39.1 Å². The van der Waals surface area contributed by atoms with E-state index in [4.69, 9.17) is 0 Å². The molecule has 1 fully saturated rings. The molecule has 0 bridgehead atoms. The maximum absolute atomic E-state index is 4.57. The zero-order valence-corrected chi connectivity index (χ0v) is 12.5.